The highest BCUT2D eigenvalue weighted by atomic mass is 28.4. The monoisotopic (exact) mass is 308 g/mol. The first-order chi connectivity index (χ1) is 10.3. The van der Waals surface area contributed by atoms with Crippen LogP contribution in [0, 0.1) is 0 Å². The molecular weight excluding hydrogens is 276 g/mol. The molecule has 2 aliphatic rings. The van der Waals surface area contributed by atoms with Gasteiger partial charge in [-0.3, -0.25) is 0 Å². The fourth-order valence-electron chi connectivity index (χ4n) is 3.58. The fourth-order valence-corrected chi connectivity index (χ4v) is 6.22. The van der Waals surface area contributed by atoms with E-state index in [0.717, 1.165) is 12.1 Å². The highest BCUT2D eigenvalue weighted by Crippen LogP contribution is 2.31. The Kier molecular flexibility index (Phi) is 7.21. The predicted octanol–water partition coefficient (Wildman–Crippen LogP) is 5.50. The van der Waals surface area contributed by atoms with Gasteiger partial charge < -0.3 is 8.85 Å². The molecule has 0 radical (unpaired) electrons. The summed E-state index contributed by atoms with van der Waals surface area (Å²) in [6.07, 6.45) is 17.9. The van der Waals surface area contributed by atoms with Gasteiger partial charge in [-0.05, 0) is 76.3 Å². The van der Waals surface area contributed by atoms with Crippen molar-refractivity contribution in [2.75, 3.05) is 14.2 Å². The van der Waals surface area contributed by atoms with Gasteiger partial charge in [0, 0.05) is 14.2 Å². The molecule has 0 aromatic carbocycles. The molecular formula is C18H32O2Si. The highest BCUT2D eigenvalue weighted by molar-refractivity contribution is 6.67. The van der Waals surface area contributed by atoms with Gasteiger partial charge in [-0.15, -0.1) is 0 Å². The van der Waals surface area contributed by atoms with E-state index >= 15 is 0 Å². The maximum atomic E-state index is 5.93. The van der Waals surface area contributed by atoms with Gasteiger partial charge in [-0.2, -0.15) is 0 Å². The van der Waals surface area contributed by atoms with Crippen molar-refractivity contribution in [3.05, 3.63) is 23.3 Å². The van der Waals surface area contributed by atoms with Gasteiger partial charge in [0.15, 0.2) is 0 Å². The zero-order valence-corrected chi connectivity index (χ0v) is 15.0. The lowest BCUT2D eigenvalue weighted by molar-refractivity contribution is 0.241. The second-order valence-electron chi connectivity index (χ2n) is 6.54. The summed E-state index contributed by atoms with van der Waals surface area (Å²) >= 11 is 0. The molecule has 0 aromatic heterocycles. The van der Waals surface area contributed by atoms with Crippen LogP contribution < -0.4 is 0 Å². The van der Waals surface area contributed by atoms with Crippen molar-refractivity contribution < 1.29 is 8.85 Å². The zero-order chi connectivity index (χ0) is 15.0. The van der Waals surface area contributed by atoms with Crippen molar-refractivity contribution in [1.82, 2.24) is 0 Å². The summed E-state index contributed by atoms with van der Waals surface area (Å²) in [5.41, 5.74) is 3.29. The number of hydrogen-bond acceptors (Lipinski definition) is 2. The molecule has 2 rings (SSSR count). The minimum Gasteiger partial charge on any atom is -0.398 e. The van der Waals surface area contributed by atoms with Crippen LogP contribution >= 0.6 is 0 Å². The van der Waals surface area contributed by atoms with Crippen LogP contribution in [0.4, 0.5) is 0 Å². The zero-order valence-electron chi connectivity index (χ0n) is 14.0. The average molecular weight is 309 g/mol. The second kappa shape index (κ2) is 8.91. The first-order valence-corrected chi connectivity index (χ1v) is 11.0. The van der Waals surface area contributed by atoms with E-state index in [9.17, 15) is 0 Å². The van der Waals surface area contributed by atoms with E-state index in [4.69, 9.17) is 8.85 Å². The minimum absolute atomic E-state index is 1.12. The van der Waals surface area contributed by atoms with E-state index in [1.165, 1.54) is 64.2 Å². The third kappa shape index (κ3) is 5.39. The van der Waals surface area contributed by atoms with Crippen molar-refractivity contribution >= 4 is 8.56 Å². The summed E-state index contributed by atoms with van der Waals surface area (Å²) < 4.78 is 11.9. The lowest BCUT2D eigenvalue weighted by atomic mass is 9.98. The molecule has 0 atom stereocenters. The van der Waals surface area contributed by atoms with Gasteiger partial charge >= 0.3 is 8.56 Å². The molecule has 0 heterocycles. The van der Waals surface area contributed by atoms with Crippen LogP contribution in [0.2, 0.25) is 12.1 Å². The molecule has 0 amide bonds. The lowest BCUT2D eigenvalue weighted by Crippen LogP contribution is -2.40. The summed E-state index contributed by atoms with van der Waals surface area (Å²) in [6, 6.07) is 2.25. The topological polar surface area (TPSA) is 18.5 Å². The highest BCUT2D eigenvalue weighted by Gasteiger charge is 2.35. The van der Waals surface area contributed by atoms with Crippen molar-refractivity contribution in [3.8, 4) is 0 Å². The first kappa shape index (κ1) is 17.0. The molecule has 0 bridgehead atoms. The van der Waals surface area contributed by atoms with Gasteiger partial charge in [0.1, 0.15) is 0 Å². The summed E-state index contributed by atoms with van der Waals surface area (Å²) in [6.45, 7) is 0. The normalized spacial score (nSPS) is 20.1. The molecule has 0 saturated carbocycles. The number of rotatable bonds is 8. The van der Waals surface area contributed by atoms with Crippen molar-refractivity contribution in [2.24, 2.45) is 0 Å². The maximum Gasteiger partial charge on any atom is 0.338 e. The Bertz CT molecular complexity index is 337. The fraction of sp³-hybridized carbons (Fsp3) is 0.778. The SMILES string of the molecule is CO[Si](CCC1=CCCCC1)(CCC1=CCCCC1)OC. The summed E-state index contributed by atoms with van der Waals surface area (Å²) in [5.74, 6) is 0. The van der Waals surface area contributed by atoms with Crippen LogP contribution in [0.3, 0.4) is 0 Å². The molecule has 0 N–H and O–H groups in total. The van der Waals surface area contributed by atoms with Crippen LogP contribution in [-0.2, 0) is 8.85 Å². The van der Waals surface area contributed by atoms with Gasteiger partial charge in [-0.1, -0.05) is 23.3 Å². The van der Waals surface area contributed by atoms with Gasteiger partial charge in [-0.25, -0.2) is 0 Å². The average Bonchev–Trinajstić information content (AvgIpc) is 2.58. The molecule has 0 aromatic rings. The molecule has 2 nitrogen and oxygen atoms in total. The number of allylic oxidation sites excluding steroid dienone is 4. The number of hydrogen-bond donors (Lipinski definition) is 0. The third-order valence-corrected chi connectivity index (χ3v) is 8.68. The van der Waals surface area contributed by atoms with E-state index in [2.05, 4.69) is 12.2 Å². The molecule has 0 spiro atoms. The summed E-state index contributed by atoms with van der Waals surface area (Å²) in [7, 11) is 1.73. The molecule has 3 heteroatoms. The molecule has 21 heavy (non-hydrogen) atoms. The molecule has 2 aliphatic carbocycles. The molecule has 0 aliphatic heterocycles. The van der Waals surface area contributed by atoms with E-state index in [0.29, 0.717) is 0 Å². The van der Waals surface area contributed by atoms with Crippen LogP contribution in [-0.4, -0.2) is 22.8 Å². The molecule has 0 unspecified atom stereocenters. The molecule has 120 valence electrons. The lowest BCUT2D eigenvalue weighted by Gasteiger charge is -2.29. The van der Waals surface area contributed by atoms with Crippen molar-refractivity contribution in [1.29, 1.82) is 0 Å². The Labute approximate surface area is 131 Å². The van der Waals surface area contributed by atoms with Crippen LogP contribution in [0.5, 0.6) is 0 Å². The van der Waals surface area contributed by atoms with Gasteiger partial charge in [0.05, 0.1) is 0 Å². The Hall–Kier alpha value is -0.383. The standard InChI is InChI=1S/C18H32O2Si/c1-19-21(20-2,15-13-17-9-5-3-6-10-17)16-14-18-11-7-4-8-12-18/h9,11H,3-8,10,12-16H2,1-2H3. The van der Waals surface area contributed by atoms with Gasteiger partial charge in [0.25, 0.3) is 0 Å². The smallest absolute Gasteiger partial charge is 0.338 e. The van der Waals surface area contributed by atoms with Gasteiger partial charge in [0.2, 0.25) is 0 Å². The minimum atomic E-state index is -1.99. The van der Waals surface area contributed by atoms with E-state index in [1.54, 1.807) is 11.1 Å². The second-order valence-corrected chi connectivity index (χ2v) is 10.2. The molecule has 0 saturated heterocycles. The predicted molar refractivity (Wildman–Crippen MR) is 91.7 cm³/mol. The van der Waals surface area contributed by atoms with E-state index in [1.807, 2.05) is 14.2 Å². The summed E-state index contributed by atoms with van der Waals surface area (Å²) in [4.78, 5) is 0. The maximum absolute atomic E-state index is 5.93. The Balaban J connectivity index is 1.85. The van der Waals surface area contributed by atoms with Crippen molar-refractivity contribution in [2.45, 2.75) is 76.3 Å². The Morgan fingerprint density at radius 2 is 1.29 bits per heavy atom. The third-order valence-electron chi connectivity index (χ3n) is 5.17. The van der Waals surface area contributed by atoms with Crippen LogP contribution in [0.1, 0.15) is 64.2 Å². The Morgan fingerprint density at radius 1 is 0.810 bits per heavy atom. The Morgan fingerprint density at radius 3 is 1.62 bits per heavy atom. The summed E-state index contributed by atoms with van der Waals surface area (Å²) in [5, 5.41) is 0. The quantitative estimate of drug-likeness (QED) is 0.435. The van der Waals surface area contributed by atoms with E-state index < -0.39 is 8.56 Å². The van der Waals surface area contributed by atoms with E-state index in [-0.39, 0.29) is 0 Å². The largest absolute Gasteiger partial charge is 0.398 e. The van der Waals surface area contributed by atoms with Crippen LogP contribution in [0.25, 0.3) is 0 Å². The van der Waals surface area contributed by atoms with Crippen molar-refractivity contribution in [3.63, 3.8) is 0 Å². The van der Waals surface area contributed by atoms with Crippen LogP contribution in [0.15, 0.2) is 23.3 Å². The molecule has 0 fully saturated rings. The first-order valence-electron chi connectivity index (χ1n) is 8.74.